The van der Waals surface area contributed by atoms with E-state index in [1.165, 1.54) is 0 Å². The summed E-state index contributed by atoms with van der Waals surface area (Å²) in [6.45, 7) is 7.33. The minimum absolute atomic E-state index is 0.434. The zero-order chi connectivity index (χ0) is 13.8. The summed E-state index contributed by atoms with van der Waals surface area (Å²) in [5.74, 6) is -1.52. The highest BCUT2D eigenvalue weighted by Gasteiger charge is 2.27. The second-order valence-corrected chi connectivity index (χ2v) is 5.04. The van der Waals surface area contributed by atoms with Crippen molar-refractivity contribution in [2.24, 2.45) is 0 Å². The van der Waals surface area contributed by atoms with Gasteiger partial charge in [-0.3, -0.25) is 9.78 Å². The molecule has 0 N–H and O–H groups in total. The fourth-order valence-corrected chi connectivity index (χ4v) is 1.42. The fourth-order valence-electron chi connectivity index (χ4n) is 1.42. The predicted molar refractivity (Wildman–Crippen MR) is 67.8 cm³/mol. The van der Waals surface area contributed by atoms with Crippen molar-refractivity contribution in [3.8, 4) is 6.07 Å². The van der Waals surface area contributed by atoms with Crippen LogP contribution in [0.1, 0.15) is 44.9 Å². The van der Waals surface area contributed by atoms with Gasteiger partial charge in [-0.2, -0.15) is 5.26 Å². The number of aryl methyl sites for hydroxylation is 1. The van der Waals surface area contributed by atoms with Gasteiger partial charge in [-0.1, -0.05) is 13.0 Å². The smallest absolute Gasteiger partial charge is 0.330 e. The number of carbonyl (C=O) groups is 1. The zero-order valence-electron chi connectivity index (χ0n) is 11.2. The number of ether oxygens (including phenoxy) is 1. The highest BCUT2D eigenvalue weighted by molar-refractivity contribution is 5.81. The minimum Gasteiger partial charge on any atom is -0.459 e. The average Bonchev–Trinajstić information content (AvgIpc) is 2.28. The van der Waals surface area contributed by atoms with Crippen LogP contribution in [0.25, 0.3) is 0 Å². The Hall–Kier alpha value is -1.89. The van der Waals surface area contributed by atoms with Gasteiger partial charge in [0.05, 0.1) is 11.8 Å². The van der Waals surface area contributed by atoms with Crippen molar-refractivity contribution in [2.45, 2.75) is 45.6 Å². The molecule has 4 heteroatoms. The molecule has 0 bridgehead atoms. The first kappa shape index (κ1) is 14.2. The number of rotatable bonds is 3. The van der Waals surface area contributed by atoms with E-state index in [4.69, 9.17) is 10.00 Å². The van der Waals surface area contributed by atoms with Crippen LogP contribution in [0.5, 0.6) is 0 Å². The van der Waals surface area contributed by atoms with E-state index in [1.807, 2.05) is 19.1 Å². The zero-order valence-corrected chi connectivity index (χ0v) is 11.2. The average molecular weight is 246 g/mol. The summed E-state index contributed by atoms with van der Waals surface area (Å²) in [6, 6.07) is 5.52. The summed E-state index contributed by atoms with van der Waals surface area (Å²) in [4.78, 5) is 16.0. The fraction of sp³-hybridized carbons (Fsp3) is 0.500. The Bertz CT molecular complexity index is 452. The normalized spacial score (nSPS) is 12.6. The van der Waals surface area contributed by atoms with E-state index in [9.17, 15) is 4.79 Å². The highest BCUT2D eigenvalue weighted by Crippen LogP contribution is 2.18. The maximum Gasteiger partial charge on any atom is 0.330 e. The van der Waals surface area contributed by atoms with Crippen molar-refractivity contribution in [3.05, 3.63) is 29.6 Å². The van der Waals surface area contributed by atoms with E-state index in [2.05, 4.69) is 4.98 Å². The van der Waals surface area contributed by atoms with Gasteiger partial charge in [0.2, 0.25) is 0 Å². The summed E-state index contributed by atoms with van der Waals surface area (Å²) < 4.78 is 5.20. The van der Waals surface area contributed by atoms with Gasteiger partial charge in [-0.25, -0.2) is 0 Å². The third-order valence-electron chi connectivity index (χ3n) is 2.32. The first-order chi connectivity index (χ1) is 8.37. The molecule has 0 aromatic carbocycles. The molecule has 0 aliphatic rings. The summed E-state index contributed by atoms with van der Waals surface area (Å²) in [7, 11) is 0. The minimum atomic E-state index is -0.963. The maximum absolute atomic E-state index is 11.9. The Morgan fingerprint density at radius 3 is 2.56 bits per heavy atom. The molecule has 1 rings (SSSR count). The molecule has 96 valence electrons. The van der Waals surface area contributed by atoms with Crippen LogP contribution >= 0.6 is 0 Å². The van der Waals surface area contributed by atoms with Crippen molar-refractivity contribution in [1.82, 2.24) is 4.98 Å². The molecule has 1 unspecified atom stereocenters. The monoisotopic (exact) mass is 246 g/mol. The summed E-state index contributed by atoms with van der Waals surface area (Å²) >= 11 is 0. The number of esters is 1. The Labute approximate surface area is 108 Å². The molecule has 0 aliphatic carbocycles. The number of nitriles is 1. The Balaban J connectivity index is 2.89. The maximum atomic E-state index is 11.9. The number of carbonyl (C=O) groups excluding carboxylic acids is 1. The van der Waals surface area contributed by atoms with Crippen molar-refractivity contribution in [2.75, 3.05) is 0 Å². The predicted octanol–water partition coefficient (Wildman–Crippen LogP) is 2.59. The number of pyridine rings is 1. The van der Waals surface area contributed by atoms with E-state index in [0.29, 0.717) is 5.69 Å². The Kier molecular flexibility index (Phi) is 4.43. The molecular weight excluding hydrogens is 228 g/mol. The highest BCUT2D eigenvalue weighted by atomic mass is 16.6. The van der Waals surface area contributed by atoms with Crippen LogP contribution < -0.4 is 0 Å². The topological polar surface area (TPSA) is 63.0 Å². The largest absolute Gasteiger partial charge is 0.459 e. The molecule has 1 heterocycles. The lowest BCUT2D eigenvalue weighted by Crippen LogP contribution is -2.27. The third-order valence-corrected chi connectivity index (χ3v) is 2.32. The molecule has 4 nitrogen and oxygen atoms in total. The van der Waals surface area contributed by atoms with E-state index >= 15 is 0 Å². The van der Waals surface area contributed by atoms with Gasteiger partial charge in [-0.15, -0.1) is 0 Å². The summed E-state index contributed by atoms with van der Waals surface area (Å²) in [5, 5.41) is 9.08. The second kappa shape index (κ2) is 5.63. The van der Waals surface area contributed by atoms with Gasteiger partial charge < -0.3 is 4.74 Å². The van der Waals surface area contributed by atoms with Crippen molar-refractivity contribution < 1.29 is 9.53 Å². The van der Waals surface area contributed by atoms with Crippen LogP contribution in [0.4, 0.5) is 0 Å². The molecule has 0 aliphatic heterocycles. The molecule has 18 heavy (non-hydrogen) atoms. The van der Waals surface area contributed by atoms with Gasteiger partial charge in [0.1, 0.15) is 5.60 Å². The van der Waals surface area contributed by atoms with Gasteiger partial charge >= 0.3 is 5.97 Å². The SMILES string of the molecule is CCc1ccc(C(C#N)C(=O)OC(C)(C)C)nc1. The van der Waals surface area contributed by atoms with Gasteiger partial charge in [-0.05, 0) is 38.8 Å². The summed E-state index contributed by atoms with van der Waals surface area (Å²) in [6.07, 6.45) is 2.56. The van der Waals surface area contributed by atoms with Crippen LogP contribution in [0.3, 0.4) is 0 Å². The Morgan fingerprint density at radius 1 is 1.50 bits per heavy atom. The summed E-state index contributed by atoms with van der Waals surface area (Å²) in [5.41, 5.74) is 0.902. The molecule has 0 saturated carbocycles. The quantitative estimate of drug-likeness (QED) is 0.769. The van der Waals surface area contributed by atoms with Crippen molar-refractivity contribution >= 4 is 5.97 Å². The van der Waals surface area contributed by atoms with Crippen molar-refractivity contribution in [1.29, 1.82) is 5.26 Å². The van der Waals surface area contributed by atoms with Crippen LogP contribution in [-0.4, -0.2) is 16.6 Å². The molecule has 1 aromatic rings. The van der Waals surface area contributed by atoms with E-state index < -0.39 is 17.5 Å². The molecular formula is C14H18N2O2. The van der Waals surface area contributed by atoms with Crippen molar-refractivity contribution in [3.63, 3.8) is 0 Å². The number of nitrogens with zero attached hydrogens (tertiary/aromatic N) is 2. The lowest BCUT2D eigenvalue weighted by Gasteiger charge is -2.21. The van der Waals surface area contributed by atoms with Crippen LogP contribution in [0.15, 0.2) is 18.3 Å². The first-order valence-electron chi connectivity index (χ1n) is 5.94. The number of aromatic nitrogens is 1. The number of hydrogen-bond acceptors (Lipinski definition) is 4. The molecule has 1 atom stereocenters. The van der Waals surface area contributed by atoms with Crippen LogP contribution in [0.2, 0.25) is 0 Å². The standard InChI is InChI=1S/C14H18N2O2/c1-5-10-6-7-12(16-9-10)11(8-15)13(17)18-14(2,3)4/h6-7,9,11H,5H2,1-4H3. The third kappa shape index (κ3) is 3.85. The van der Waals surface area contributed by atoms with Gasteiger partial charge in [0.15, 0.2) is 5.92 Å². The first-order valence-corrected chi connectivity index (χ1v) is 5.94. The van der Waals surface area contributed by atoms with E-state index in [1.54, 1.807) is 33.0 Å². The lowest BCUT2D eigenvalue weighted by atomic mass is 10.1. The molecule has 0 saturated heterocycles. The van der Waals surface area contributed by atoms with Gasteiger partial charge in [0, 0.05) is 6.20 Å². The van der Waals surface area contributed by atoms with Gasteiger partial charge in [0.25, 0.3) is 0 Å². The number of hydrogen-bond donors (Lipinski definition) is 0. The van der Waals surface area contributed by atoms with E-state index in [0.717, 1.165) is 12.0 Å². The van der Waals surface area contributed by atoms with Crippen LogP contribution in [-0.2, 0) is 16.0 Å². The Morgan fingerprint density at radius 2 is 2.17 bits per heavy atom. The molecule has 0 spiro atoms. The molecule has 0 fully saturated rings. The van der Waals surface area contributed by atoms with Crippen LogP contribution in [0, 0.1) is 11.3 Å². The van der Waals surface area contributed by atoms with E-state index in [-0.39, 0.29) is 0 Å². The second-order valence-electron chi connectivity index (χ2n) is 5.04. The molecule has 0 radical (unpaired) electrons. The lowest BCUT2D eigenvalue weighted by molar-refractivity contribution is -0.155. The molecule has 1 aromatic heterocycles. The molecule has 0 amide bonds.